The van der Waals surface area contributed by atoms with Gasteiger partial charge in [0, 0.05) is 10.5 Å². The highest BCUT2D eigenvalue weighted by Crippen LogP contribution is 2.32. The zero-order valence-corrected chi connectivity index (χ0v) is 12.1. The van der Waals surface area contributed by atoms with E-state index in [1.807, 2.05) is 18.2 Å². The highest BCUT2D eigenvalue weighted by Gasteiger charge is 2.32. The Bertz CT molecular complexity index is 436. The Hall–Kier alpha value is -0.870. The second-order valence-electron chi connectivity index (χ2n) is 4.79. The summed E-state index contributed by atoms with van der Waals surface area (Å²) in [6.45, 7) is 2.95. The molecule has 0 spiro atoms. The van der Waals surface area contributed by atoms with Crippen molar-refractivity contribution >= 4 is 21.9 Å². The highest BCUT2D eigenvalue weighted by atomic mass is 79.9. The van der Waals surface area contributed by atoms with E-state index in [1.165, 1.54) is 0 Å². The van der Waals surface area contributed by atoms with Gasteiger partial charge in [0.25, 0.3) is 0 Å². The van der Waals surface area contributed by atoms with Gasteiger partial charge >= 0.3 is 5.97 Å². The lowest BCUT2D eigenvalue weighted by atomic mass is 9.97. The van der Waals surface area contributed by atoms with Gasteiger partial charge in [-0.2, -0.15) is 0 Å². The van der Waals surface area contributed by atoms with E-state index in [1.54, 1.807) is 0 Å². The molecule has 0 radical (unpaired) electrons. The maximum atomic E-state index is 11.3. The van der Waals surface area contributed by atoms with Crippen molar-refractivity contribution in [3.63, 3.8) is 0 Å². The fourth-order valence-corrected chi connectivity index (χ4v) is 3.29. The van der Waals surface area contributed by atoms with Crippen LogP contribution in [0.1, 0.15) is 37.8 Å². The first-order valence-electron chi connectivity index (χ1n) is 6.34. The number of aliphatic carboxylic acids is 1. The fraction of sp³-hybridized carbons (Fsp3) is 0.500. The van der Waals surface area contributed by atoms with Crippen molar-refractivity contribution in [1.82, 2.24) is 4.90 Å². The lowest BCUT2D eigenvalue weighted by Crippen LogP contribution is -2.45. The summed E-state index contributed by atoms with van der Waals surface area (Å²) in [6, 6.07) is 7.82. The van der Waals surface area contributed by atoms with Gasteiger partial charge < -0.3 is 5.11 Å². The molecule has 1 aromatic rings. The van der Waals surface area contributed by atoms with E-state index in [4.69, 9.17) is 0 Å². The third-order valence-electron chi connectivity index (χ3n) is 3.68. The molecule has 0 aliphatic carbocycles. The molecule has 1 saturated heterocycles. The van der Waals surface area contributed by atoms with Crippen molar-refractivity contribution in [3.05, 3.63) is 34.3 Å². The summed E-state index contributed by atoms with van der Waals surface area (Å²) >= 11 is 3.55. The Labute approximate surface area is 116 Å². The van der Waals surface area contributed by atoms with Gasteiger partial charge in [0.15, 0.2) is 0 Å². The van der Waals surface area contributed by atoms with E-state index in [-0.39, 0.29) is 12.1 Å². The van der Waals surface area contributed by atoms with Crippen LogP contribution in [0.25, 0.3) is 0 Å². The lowest BCUT2D eigenvalue weighted by molar-refractivity contribution is -0.145. The molecule has 0 saturated carbocycles. The first-order chi connectivity index (χ1) is 8.61. The van der Waals surface area contributed by atoms with Gasteiger partial charge in [0.05, 0.1) is 0 Å². The van der Waals surface area contributed by atoms with E-state index in [9.17, 15) is 9.90 Å². The van der Waals surface area contributed by atoms with Gasteiger partial charge in [0.2, 0.25) is 0 Å². The monoisotopic (exact) mass is 311 g/mol. The zero-order valence-electron chi connectivity index (χ0n) is 10.5. The number of piperidine rings is 1. The van der Waals surface area contributed by atoms with Crippen molar-refractivity contribution in [2.24, 2.45) is 0 Å². The molecule has 1 aromatic carbocycles. The van der Waals surface area contributed by atoms with E-state index in [2.05, 4.69) is 33.8 Å². The fourth-order valence-electron chi connectivity index (χ4n) is 2.68. The molecule has 1 fully saturated rings. The van der Waals surface area contributed by atoms with Crippen LogP contribution in [0.15, 0.2) is 28.7 Å². The molecule has 1 heterocycles. The molecule has 2 unspecified atom stereocenters. The van der Waals surface area contributed by atoms with Crippen LogP contribution in [-0.4, -0.2) is 28.6 Å². The molecule has 1 aliphatic heterocycles. The first kappa shape index (κ1) is 13.6. The van der Waals surface area contributed by atoms with Crippen LogP contribution in [0.4, 0.5) is 0 Å². The molecule has 0 amide bonds. The van der Waals surface area contributed by atoms with Crippen molar-refractivity contribution in [3.8, 4) is 0 Å². The minimum absolute atomic E-state index is 0.127. The Morgan fingerprint density at radius 3 is 2.83 bits per heavy atom. The van der Waals surface area contributed by atoms with Gasteiger partial charge in [-0.05, 0) is 37.9 Å². The summed E-state index contributed by atoms with van der Waals surface area (Å²) < 4.78 is 1.05. The van der Waals surface area contributed by atoms with Crippen molar-refractivity contribution in [1.29, 1.82) is 0 Å². The first-order valence-corrected chi connectivity index (χ1v) is 7.13. The van der Waals surface area contributed by atoms with Crippen LogP contribution in [-0.2, 0) is 4.79 Å². The minimum Gasteiger partial charge on any atom is -0.480 e. The summed E-state index contributed by atoms with van der Waals surface area (Å²) in [4.78, 5) is 13.4. The number of nitrogens with zero attached hydrogens (tertiary/aromatic N) is 1. The molecule has 0 aromatic heterocycles. The summed E-state index contributed by atoms with van der Waals surface area (Å²) in [5, 5.41) is 9.32. The van der Waals surface area contributed by atoms with E-state index in [0.29, 0.717) is 0 Å². The number of carbonyl (C=O) groups is 1. The van der Waals surface area contributed by atoms with E-state index in [0.717, 1.165) is 35.8 Å². The number of hydrogen-bond donors (Lipinski definition) is 1. The molecule has 1 aliphatic rings. The van der Waals surface area contributed by atoms with E-state index < -0.39 is 5.97 Å². The summed E-state index contributed by atoms with van der Waals surface area (Å²) in [6.07, 6.45) is 2.85. The predicted molar refractivity (Wildman–Crippen MR) is 74.5 cm³/mol. The number of hydrogen-bond acceptors (Lipinski definition) is 2. The number of halogens is 1. The standard InChI is InChI=1S/C14H18BrNO2/c1-10(11-6-2-3-7-12(11)15)16-9-5-4-8-13(16)14(17)18/h2-3,6-7,10,13H,4-5,8-9H2,1H3,(H,17,18). The maximum absolute atomic E-state index is 11.3. The quantitative estimate of drug-likeness (QED) is 0.929. The number of rotatable bonds is 3. The van der Waals surface area contributed by atoms with Gasteiger partial charge in [-0.15, -0.1) is 0 Å². The van der Waals surface area contributed by atoms with Gasteiger partial charge in [-0.3, -0.25) is 9.69 Å². The average Bonchev–Trinajstić information content (AvgIpc) is 2.38. The molecule has 4 heteroatoms. The van der Waals surface area contributed by atoms with Crippen LogP contribution < -0.4 is 0 Å². The molecule has 18 heavy (non-hydrogen) atoms. The molecule has 2 rings (SSSR count). The molecule has 1 N–H and O–H groups in total. The normalized spacial score (nSPS) is 22.7. The van der Waals surface area contributed by atoms with Gasteiger partial charge in [-0.1, -0.05) is 40.5 Å². The van der Waals surface area contributed by atoms with E-state index >= 15 is 0 Å². The smallest absolute Gasteiger partial charge is 0.320 e. The van der Waals surface area contributed by atoms with Gasteiger partial charge in [-0.25, -0.2) is 0 Å². The van der Waals surface area contributed by atoms with Crippen molar-refractivity contribution in [2.75, 3.05) is 6.54 Å². The lowest BCUT2D eigenvalue weighted by Gasteiger charge is -2.38. The van der Waals surface area contributed by atoms with Crippen LogP contribution in [0.3, 0.4) is 0 Å². The largest absolute Gasteiger partial charge is 0.480 e. The Morgan fingerprint density at radius 2 is 2.17 bits per heavy atom. The topological polar surface area (TPSA) is 40.5 Å². The minimum atomic E-state index is -0.700. The van der Waals surface area contributed by atoms with Crippen molar-refractivity contribution < 1.29 is 9.90 Å². The Kier molecular flexibility index (Phi) is 4.40. The second kappa shape index (κ2) is 5.85. The SMILES string of the molecule is CC(c1ccccc1Br)N1CCCCC1C(=O)O. The molecular formula is C14H18BrNO2. The molecule has 2 atom stereocenters. The van der Waals surface area contributed by atoms with Crippen LogP contribution in [0.2, 0.25) is 0 Å². The maximum Gasteiger partial charge on any atom is 0.320 e. The summed E-state index contributed by atoms with van der Waals surface area (Å²) in [5.41, 5.74) is 1.16. The third-order valence-corrected chi connectivity index (χ3v) is 4.40. The summed E-state index contributed by atoms with van der Waals surface area (Å²) in [5.74, 6) is -0.700. The Balaban J connectivity index is 2.23. The third kappa shape index (κ3) is 2.75. The highest BCUT2D eigenvalue weighted by molar-refractivity contribution is 9.10. The van der Waals surface area contributed by atoms with Crippen LogP contribution in [0, 0.1) is 0 Å². The number of carboxylic acid groups (broad SMARTS) is 1. The molecule has 3 nitrogen and oxygen atoms in total. The average molecular weight is 312 g/mol. The predicted octanol–water partition coefficient (Wildman–Crippen LogP) is 3.45. The summed E-state index contributed by atoms with van der Waals surface area (Å²) in [7, 11) is 0. The number of carboxylic acids is 1. The van der Waals surface area contributed by atoms with Crippen LogP contribution >= 0.6 is 15.9 Å². The van der Waals surface area contributed by atoms with Gasteiger partial charge in [0.1, 0.15) is 6.04 Å². The van der Waals surface area contributed by atoms with Crippen LogP contribution in [0.5, 0.6) is 0 Å². The number of benzene rings is 1. The number of likely N-dealkylation sites (tertiary alicyclic amines) is 1. The molecule has 0 bridgehead atoms. The molecule has 98 valence electrons. The second-order valence-corrected chi connectivity index (χ2v) is 5.64. The Morgan fingerprint density at radius 1 is 1.44 bits per heavy atom. The molecular weight excluding hydrogens is 294 g/mol. The zero-order chi connectivity index (χ0) is 13.1. The van der Waals surface area contributed by atoms with Crippen molar-refractivity contribution in [2.45, 2.75) is 38.3 Å².